The highest BCUT2D eigenvalue weighted by atomic mass is 35.5. The largest absolute Gasteiger partial charge is 0.339 e. The van der Waals surface area contributed by atoms with Crippen molar-refractivity contribution in [2.45, 2.75) is 19.7 Å². The molecule has 0 fully saturated rings. The first kappa shape index (κ1) is 13.9. The van der Waals surface area contributed by atoms with E-state index in [1.807, 2.05) is 43.0 Å². The molecule has 3 heteroatoms. The van der Waals surface area contributed by atoms with Gasteiger partial charge in [0.1, 0.15) is 5.82 Å². The second-order valence-corrected chi connectivity index (χ2v) is 4.77. The minimum Gasteiger partial charge on any atom is -0.339 e. The number of rotatable bonds is 4. The van der Waals surface area contributed by atoms with E-state index in [0.717, 1.165) is 16.8 Å². The summed E-state index contributed by atoms with van der Waals surface area (Å²) in [5, 5.41) is 0. The lowest BCUT2D eigenvalue weighted by Crippen LogP contribution is -2.17. The monoisotopic (exact) mass is 277 g/mol. The van der Waals surface area contributed by atoms with Crippen molar-refractivity contribution in [2.24, 2.45) is 0 Å². The summed E-state index contributed by atoms with van der Waals surface area (Å²) in [6.07, 6.45) is 0. The van der Waals surface area contributed by atoms with Crippen LogP contribution in [0.1, 0.15) is 18.1 Å². The van der Waals surface area contributed by atoms with Crippen molar-refractivity contribution in [3.05, 3.63) is 59.4 Å². The van der Waals surface area contributed by atoms with Gasteiger partial charge in [-0.15, -0.1) is 11.6 Å². The molecule has 0 aliphatic carbocycles. The van der Waals surface area contributed by atoms with Gasteiger partial charge in [-0.25, -0.2) is 4.39 Å². The quantitative estimate of drug-likeness (QED) is 0.709. The molecule has 0 atom stereocenters. The first-order valence-electron chi connectivity index (χ1n) is 6.34. The molecule has 2 rings (SSSR count). The number of hydrogen-bond acceptors (Lipinski definition) is 1. The summed E-state index contributed by atoms with van der Waals surface area (Å²) in [7, 11) is 0. The maximum Gasteiger partial charge on any atom is 0.147 e. The SMILES string of the molecule is CCN(c1cccc(C)c1)c1ccc(CCl)cc1F. The van der Waals surface area contributed by atoms with Gasteiger partial charge in [0, 0.05) is 18.1 Å². The van der Waals surface area contributed by atoms with Crippen LogP contribution >= 0.6 is 11.6 Å². The lowest BCUT2D eigenvalue weighted by molar-refractivity contribution is 0.624. The molecule has 0 heterocycles. The molecule has 2 aromatic rings. The first-order chi connectivity index (χ1) is 9.15. The molecule has 0 saturated carbocycles. The highest BCUT2D eigenvalue weighted by Gasteiger charge is 2.12. The maximum atomic E-state index is 14.2. The molecule has 0 aromatic heterocycles. The molecular weight excluding hydrogens is 261 g/mol. The molecule has 0 amide bonds. The highest BCUT2D eigenvalue weighted by molar-refractivity contribution is 6.17. The molecule has 0 N–H and O–H groups in total. The number of halogens is 2. The summed E-state index contributed by atoms with van der Waals surface area (Å²) in [4.78, 5) is 1.96. The van der Waals surface area contributed by atoms with Crippen LogP contribution in [0.4, 0.5) is 15.8 Å². The molecule has 0 saturated heterocycles. The number of alkyl halides is 1. The van der Waals surface area contributed by atoms with E-state index in [1.54, 1.807) is 6.07 Å². The number of benzene rings is 2. The third-order valence-corrected chi connectivity index (χ3v) is 3.40. The third kappa shape index (κ3) is 3.07. The van der Waals surface area contributed by atoms with Crippen LogP contribution in [0.2, 0.25) is 0 Å². The van der Waals surface area contributed by atoms with E-state index in [-0.39, 0.29) is 5.82 Å². The fourth-order valence-electron chi connectivity index (χ4n) is 2.14. The zero-order valence-electron chi connectivity index (χ0n) is 11.2. The molecule has 0 spiro atoms. The van der Waals surface area contributed by atoms with E-state index in [1.165, 1.54) is 6.07 Å². The molecule has 0 radical (unpaired) electrons. The van der Waals surface area contributed by atoms with Gasteiger partial charge in [0.05, 0.1) is 5.69 Å². The van der Waals surface area contributed by atoms with Gasteiger partial charge in [-0.1, -0.05) is 18.2 Å². The van der Waals surface area contributed by atoms with Crippen molar-refractivity contribution in [3.8, 4) is 0 Å². The summed E-state index contributed by atoms with van der Waals surface area (Å²) in [6, 6.07) is 13.2. The van der Waals surface area contributed by atoms with Crippen molar-refractivity contribution in [3.63, 3.8) is 0 Å². The topological polar surface area (TPSA) is 3.24 Å². The van der Waals surface area contributed by atoms with Gasteiger partial charge in [-0.05, 0) is 49.2 Å². The summed E-state index contributed by atoms with van der Waals surface area (Å²) in [5.74, 6) is 0.0924. The second-order valence-electron chi connectivity index (χ2n) is 4.50. The van der Waals surface area contributed by atoms with E-state index in [9.17, 15) is 4.39 Å². The van der Waals surface area contributed by atoms with Gasteiger partial charge in [0.2, 0.25) is 0 Å². The minimum atomic E-state index is -0.235. The summed E-state index contributed by atoms with van der Waals surface area (Å²) in [5.41, 5.74) is 3.54. The zero-order valence-corrected chi connectivity index (χ0v) is 11.9. The summed E-state index contributed by atoms with van der Waals surface area (Å²) < 4.78 is 14.2. The molecule has 100 valence electrons. The van der Waals surface area contributed by atoms with Gasteiger partial charge >= 0.3 is 0 Å². The Morgan fingerprint density at radius 3 is 2.53 bits per heavy atom. The van der Waals surface area contributed by atoms with Crippen molar-refractivity contribution in [1.29, 1.82) is 0 Å². The lowest BCUT2D eigenvalue weighted by atomic mass is 10.1. The molecule has 2 aromatic carbocycles. The third-order valence-electron chi connectivity index (χ3n) is 3.09. The van der Waals surface area contributed by atoms with Gasteiger partial charge in [-0.2, -0.15) is 0 Å². The van der Waals surface area contributed by atoms with E-state index in [2.05, 4.69) is 6.07 Å². The Balaban J connectivity index is 2.42. The van der Waals surface area contributed by atoms with Crippen LogP contribution in [-0.2, 0) is 5.88 Å². The standard InChI is InChI=1S/C16H17ClFN/c1-3-19(14-6-4-5-12(2)9-14)16-8-7-13(11-17)10-15(16)18/h4-10H,3,11H2,1-2H3. The average Bonchev–Trinajstić information content (AvgIpc) is 2.41. The van der Waals surface area contributed by atoms with Crippen molar-refractivity contribution in [2.75, 3.05) is 11.4 Å². The number of aryl methyl sites for hydroxylation is 1. The second kappa shape index (κ2) is 6.07. The normalized spacial score (nSPS) is 10.5. The van der Waals surface area contributed by atoms with E-state index in [0.29, 0.717) is 18.1 Å². The lowest BCUT2D eigenvalue weighted by Gasteiger charge is -2.24. The van der Waals surface area contributed by atoms with Crippen molar-refractivity contribution in [1.82, 2.24) is 0 Å². The van der Waals surface area contributed by atoms with Crippen LogP contribution in [0.5, 0.6) is 0 Å². The van der Waals surface area contributed by atoms with Crippen LogP contribution in [0.15, 0.2) is 42.5 Å². The zero-order chi connectivity index (χ0) is 13.8. The van der Waals surface area contributed by atoms with E-state index in [4.69, 9.17) is 11.6 Å². The minimum absolute atomic E-state index is 0.235. The number of anilines is 2. The molecule has 0 unspecified atom stereocenters. The van der Waals surface area contributed by atoms with Crippen molar-refractivity contribution < 1.29 is 4.39 Å². The smallest absolute Gasteiger partial charge is 0.147 e. The van der Waals surface area contributed by atoms with Gasteiger partial charge in [-0.3, -0.25) is 0 Å². The van der Waals surface area contributed by atoms with E-state index < -0.39 is 0 Å². The predicted molar refractivity (Wildman–Crippen MR) is 79.8 cm³/mol. The molecule has 0 bridgehead atoms. The highest BCUT2D eigenvalue weighted by Crippen LogP contribution is 2.29. The Bertz CT molecular complexity index is 568. The summed E-state index contributed by atoms with van der Waals surface area (Å²) >= 11 is 5.72. The van der Waals surface area contributed by atoms with Crippen LogP contribution < -0.4 is 4.90 Å². The first-order valence-corrected chi connectivity index (χ1v) is 6.87. The van der Waals surface area contributed by atoms with Gasteiger partial charge in [0.15, 0.2) is 0 Å². The Labute approximate surface area is 118 Å². The average molecular weight is 278 g/mol. The number of hydrogen-bond donors (Lipinski definition) is 0. The Morgan fingerprint density at radius 2 is 1.95 bits per heavy atom. The Hall–Kier alpha value is -1.54. The van der Waals surface area contributed by atoms with Gasteiger partial charge < -0.3 is 4.90 Å². The molecular formula is C16H17ClFN. The van der Waals surface area contributed by atoms with Crippen LogP contribution in [0.3, 0.4) is 0 Å². The predicted octanol–water partition coefficient (Wildman–Crippen LogP) is 5.03. The Morgan fingerprint density at radius 1 is 1.16 bits per heavy atom. The van der Waals surface area contributed by atoms with Crippen LogP contribution in [0.25, 0.3) is 0 Å². The Kier molecular flexibility index (Phi) is 4.43. The van der Waals surface area contributed by atoms with E-state index >= 15 is 0 Å². The number of nitrogens with zero attached hydrogens (tertiary/aromatic N) is 1. The molecule has 0 aliphatic rings. The fourth-order valence-corrected chi connectivity index (χ4v) is 2.31. The summed E-state index contributed by atoms with van der Waals surface area (Å²) in [6.45, 7) is 4.75. The fraction of sp³-hybridized carbons (Fsp3) is 0.250. The molecule has 0 aliphatic heterocycles. The molecule has 19 heavy (non-hydrogen) atoms. The van der Waals surface area contributed by atoms with Crippen molar-refractivity contribution >= 4 is 23.0 Å². The van der Waals surface area contributed by atoms with Crippen LogP contribution in [-0.4, -0.2) is 6.54 Å². The van der Waals surface area contributed by atoms with Gasteiger partial charge in [0.25, 0.3) is 0 Å². The van der Waals surface area contributed by atoms with Crippen LogP contribution in [0, 0.1) is 12.7 Å². The molecule has 1 nitrogen and oxygen atoms in total. The maximum absolute atomic E-state index is 14.2.